The summed E-state index contributed by atoms with van der Waals surface area (Å²) in [6.45, 7) is 0. The van der Waals surface area contributed by atoms with Crippen molar-refractivity contribution in [3.05, 3.63) is 107 Å². The highest BCUT2D eigenvalue weighted by Gasteiger charge is 2.16. The van der Waals surface area contributed by atoms with E-state index in [4.69, 9.17) is 10.2 Å². The van der Waals surface area contributed by atoms with Gasteiger partial charge < -0.3 is 0 Å². The Morgan fingerprint density at radius 3 is 2.26 bits per heavy atom. The highest BCUT2D eigenvalue weighted by molar-refractivity contribution is 5.89. The summed E-state index contributed by atoms with van der Waals surface area (Å²) in [5, 5.41) is 19.0. The average Bonchev–Trinajstić information content (AvgIpc) is 3.22. The molecule has 0 saturated carbocycles. The van der Waals surface area contributed by atoms with Crippen molar-refractivity contribution in [3.8, 4) is 23.4 Å². The number of pyridine rings is 1. The lowest BCUT2D eigenvalue weighted by atomic mass is 10.0. The fourth-order valence-electron chi connectivity index (χ4n) is 3.77. The van der Waals surface area contributed by atoms with Crippen LogP contribution in [0, 0.1) is 22.7 Å². The molecule has 144 valence electrons. The SMILES string of the molecule is N#Cc1ccc(/C=C/c2cc(-c3ccccc3)n3c(nc4ccccc43)c2C#N)cc1. The fraction of sp³-hybridized carbons (Fsp3) is 0. The second-order valence-electron chi connectivity index (χ2n) is 7.16. The number of nitrogens with zero attached hydrogens (tertiary/aromatic N) is 4. The Kier molecular flexibility index (Phi) is 4.52. The molecule has 5 rings (SSSR count). The fourth-order valence-corrected chi connectivity index (χ4v) is 3.77. The van der Waals surface area contributed by atoms with Crippen LogP contribution >= 0.6 is 0 Å². The van der Waals surface area contributed by atoms with Gasteiger partial charge in [-0.15, -0.1) is 0 Å². The van der Waals surface area contributed by atoms with Gasteiger partial charge in [0.05, 0.1) is 28.4 Å². The maximum absolute atomic E-state index is 10.00. The minimum absolute atomic E-state index is 0.528. The monoisotopic (exact) mass is 396 g/mol. The summed E-state index contributed by atoms with van der Waals surface area (Å²) >= 11 is 0. The molecule has 2 heterocycles. The van der Waals surface area contributed by atoms with Gasteiger partial charge in [-0.1, -0.05) is 66.7 Å². The van der Waals surface area contributed by atoms with Crippen molar-refractivity contribution in [2.75, 3.05) is 0 Å². The molecule has 2 aromatic heterocycles. The third-order valence-corrected chi connectivity index (χ3v) is 5.28. The molecule has 0 saturated heterocycles. The van der Waals surface area contributed by atoms with E-state index < -0.39 is 0 Å². The second-order valence-corrected chi connectivity index (χ2v) is 7.16. The Bertz CT molecular complexity index is 1530. The molecule has 0 aliphatic carbocycles. The molecule has 4 heteroatoms. The van der Waals surface area contributed by atoms with E-state index in [1.807, 2.05) is 72.8 Å². The van der Waals surface area contributed by atoms with Crippen LogP contribution in [-0.2, 0) is 0 Å². The maximum atomic E-state index is 10.00. The van der Waals surface area contributed by atoms with Gasteiger partial charge in [-0.3, -0.25) is 4.40 Å². The van der Waals surface area contributed by atoms with Crippen molar-refractivity contribution in [1.29, 1.82) is 10.5 Å². The van der Waals surface area contributed by atoms with Crippen molar-refractivity contribution in [2.45, 2.75) is 0 Å². The van der Waals surface area contributed by atoms with E-state index in [0.29, 0.717) is 16.8 Å². The lowest BCUT2D eigenvalue weighted by molar-refractivity contribution is 1.21. The molecular weight excluding hydrogens is 380 g/mol. The number of fused-ring (bicyclic) bond motifs is 3. The zero-order valence-corrected chi connectivity index (χ0v) is 16.5. The van der Waals surface area contributed by atoms with Crippen LogP contribution in [0.4, 0.5) is 0 Å². The lowest BCUT2D eigenvalue weighted by Gasteiger charge is -2.11. The Balaban J connectivity index is 1.77. The molecule has 31 heavy (non-hydrogen) atoms. The summed E-state index contributed by atoms with van der Waals surface area (Å²) in [7, 11) is 0. The van der Waals surface area contributed by atoms with Gasteiger partial charge in [0.1, 0.15) is 11.6 Å². The van der Waals surface area contributed by atoms with Gasteiger partial charge in [0, 0.05) is 0 Å². The smallest absolute Gasteiger partial charge is 0.157 e. The van der Waals surface area contributed by atoms with E-state index in [2.05, 4.69) is 28.7 Å². The quantitative estimate of drug-likeness (QED) is 0.372. The second kappa shape index (κ2) is 7.63. The third kappa shape index (κ3) is 3.23. The van der Waals surface area contributed by atoms with Crippen LogP contribution in [0.2, 0.25) is 0 Å². The minimum atomic E-state index is 0.528. The standard InChI is InChI=1S/C27H16N4/c28-17-20-12-10-19(11-13-20)14-15-22-16-26(21-6-2-1-3-7-21)31-25-9-5-4-8-24(25)30-27(31)23(22)18-29/h1-16H/b15-14+. The number of imidazole rings is 1. The number of benzene rings is 3. The number of rotatable bonds is 3. The number of hydrogen-bond donors (Lipinski definition) is 0. The summed E-state index contributed by atoms with van der Waals surface area (Å²) in [6, 6.07) is 31.9. The Labute approximate surface area is 179 Å². The van der Waals surface area contributed by atoms with Crippen LogP contribution < -0.4 is 0 Å². The van der Waals surface area contributed by atoms with Gasteiger partial charge >= 0.3 is 0 Å². The first-order valence-corrected chi connectivity index (χ1v) is 9.86. The first kappa shape index (κ1) is 18.4. The molecule has 3 aromatic carbocycles. The molecule has 0 aliphatic heterocycles. The van der Waals surface area contributed by atoms with Crippen LogP contribution in [-0.4, -0.2) is 9.38 Å². The highest BCUT2D eigenvalue weighted by atomic mass is 15.0. The predicted molar refractivity (Wildman–Crippen MR) is 123 cm³/mol. The Morgan fingerprint density at radius 1 is 0.774 bits per heavy atom. The largest absolute Gasteiger partial charge is 0.291 e. The summed E-state index contributed by atoms with van der Waals surface area (Å²) in [6.07, 6.45) is 3.89. The van der Waals surface area contributed by atoms with Gasteiger partial charge in [0.25, 0.3) is 0 Å². The molecule has 0 radical (unpaired) electrons. The van der Waals surface area contributed by atoms with Crippen molar-refractivity contribution < 1.29 is 0 Å². The molecule has 0 fully saturated rings. The van der Waals surface area contributed by atoms with Gasteiger partial charge in [-0.2, -0.15) is 10.5 Å². The van der Waals surface area contributed by atoms with Crippen LogP contribution in [0.25, 0.3) is 40.1 Å². The van der Waals surface area contributed by atoms with Gasteiger partial charge in [0.2, 0.25) is 0 Å². The maximum Gasteiger partial charge on any atom is 0.157 e. The molecule has 0 bridgehead atoms. The third-order valence-electron chi connectivity index (χ3n) is 5.28. The molecule has 0 atom stereocenters. The van der Waals surface area contributed by atoms with Crippen LogP contribution in [0.3, 0.4) is 0 Å². The molecular formula is C27H16N4. The predicted octanol–water partition coefficient (Wildman–Crippen LogP) is 6.07. The lowest BCUT2D eigenvalue weighted by Crippen LogP contribution is -1.98. The average molecular weight is 396 g/mol. The first-order valence-electron chi connectivity index (χ1n) is 9.86. The normalized spacial score (nSPS) is 11.0. The van der Waals surface area contributed by atoms with Crippen molar-refractivity contribution in [2.24, 2.45) is 0 Å². The Morgan fingerprint density at radius 2 is 1.52 bits per heavy atom. The van der Waals surface area contributed by atoms with Crippen molar-refractivity contribution in [1.82, 2.24) is 9.38 Å². The van der Waals surface area contributed by atoms with Crippen LogP contribution in [0.5, 0.6) is 0 Å². The molecule has 5 aromatic rings. The Hall–Kier alpha value is -4.67. The zero-order chi connectivity index (χ0) is 21.2. The zero-order valence-electron chi connectivity index (χ0n) is 16.5. The summed E-state index contributed by atoms with van der Waals surface area (Å²) < 4.78 is 2.06. The number of aromatic nitrogens is 2. The van der Waals surface area contributed by atoms with E-state index in [9.17, 15) is 5.26 Å². The summed E-state index contributed by atoms with van der Waals surface area (Å²) in [4.78, 5) is 4.78. The topological polar surface area (TPSA) is 64.9 Å². The van der Waals surface area contributed by atoms with E-state index in [-0.39, 0.29) is 0 Å². The van der Waals surface area contributed by atoms with Crippen LogP contribution in [0.15, 0.2) is 84.9 Å². The summed E-state index contributed by atoms with van der Waals surface area (Å²) in [5.41, 5.74) is 7.39. The first-order chi connectivity index (χ1) is 15.3. The number of hydrogen-bond acceptors (Lipinski definition) is 3. The molecule has 0 N–H and O–H groups in total. The molecule has 0 unspecified atom stereocenters. The van der Waals surface area contributed by atoms with Crippen molar-refractivity contribution in [3.63, 3.8) is 0 Å². The molecule has 0 spiro atoms. The molecule has 0 aliphatic rings. The highest BCUT2D eigenvalue weighted by Crippen LogP contribution is 2.31. The summed E-state index contributed by atoms with van der Waals surface area (Å²) in [5.74, 6) is 0. The van der Waals surface area contributed by atoms with E-state index in [0.717, 1.165) is 33.4 Å². The van der Waals surface area contributed by atoms with Gasteiger partial charge in [0.15, 0.2) is 5.65 Å². The van der Waals surface area contributed by atoms with Gasteiger partial charge in [-0.25, -0.2) is 4.98 Å². The molecule has 4 nitrogen and oxygen atoms in total. The van der Waals surface area contributed by atoms with Crippen LogP contribution in [0.1, 0.15) is 22.3 Å². The minimum Gasteiger partial charge on any atom is -0.291 e. The number of para-hydroxylation sites is 2. The van der Waals surface area contributed by atoms with Gasteiger partial charge in [-0.05, 0) is 47.0 Å². The van der Waals surface area contributed by atoms with E-state index in [1.54, 1.807) is 12.1 Å². The van der Waals surface area contributed by atoms with E-state index >= 15 is 0 Å². The van der Waals surface area contributed by atoms with E-state index in [1.165, 1.54) is 0 Å². The molecule has 0 amide bonds. The number of nitriles is 2. The van der Waals surface area contributed by atoms with Crippen molar-refractivity contribution >= 4 is 28.8 Å².